The van der Waals surface area contributed by atoms with Crippen molar-refractivity contribution < 1.29 is 9.59 Å². The van der Waals surface area contributed by atoms with Gasteiger partial charge in [0.15, 0.2) is 0 Å². The van der Waals surface area contributed by atoms with Crippen LogP contribution in [0, 0.1) is 5.92 Å². The molecular weight excluding hydrogens is 454 g/mol. The molecule has 2 amide bonds. The lowest BCUT2D eigenvalue weighted by molar-refractivity contribution is -0.138. The molecule has 184 valence electrons. The zero-order valence-corrected chi connectivity index (χ0v) is 20.4. The Hall–Kier alpha value is -4.01. The molecule has 0 aliphatic carbocycles. The predicted octanol–water partition coefficient (Wildman–Crippen LogP) is 3.40. The average molecular weight is 484 g/mol. The summed E-state index contributed by atoms with van der Waals surface area (Å²) in [7, 11) is 0. The number of fused-ring (bicyclic) bond motifs is 2. The van der Waals surface area contributed by atoms with Gasteiger partial charge in [-0.05, 0) is 56.0 Å². The van der Waals surface area contributed by atoms with E-state index in [1.54, 1.807) is 17.8 Å². The van der Waals surface area contributed by atoms with Crippen LogP contribution in [-0.2, 0) is 9.59 Å². The quantitative estimate of drug-likeness (QED) is 0.449. The highest BCUT2D eigenvalue weighted by atomic mass is 16.2. The Labute approximate surface area is 208 Å². The number of hydrogen-bond acceptors (Lipinski definition) is 5. The Kier molecular flexibility index (Phi) is 5.55. The number of rotatable bonds is 4. The molecular formula is C27H29N7O2. The minimum Gasteiger partial charge on any atom is -0.343 e. The third kappa shape index (κ3) is 3.84. The van der Waals surface area contributed by atoms with Crippen molar-refractivity contribution in [2.24, 2.45) is 5.92 Å². The number of amides is 2. The van der Waals surface area contributed by atoms with Crippen molar-refractivity contribution in [3.05, 3.63) is 60.7 Å². The summed E-state index contributed by atoms with van der Waals surface area (Å²) in [6.07, 6.45) is 7.72. The number of pyridine rings is 1. The minimum atomic E-state index is -0.0156. The van der Waals surface area contributed by atoms with E-state index >= 15 is 0 Å². The Morgan fingerprint density at radius 2 is 1.83 bits per heavy atom. The van der Waals surface area contributed by atoms with Gasteiger partial charge in [0.2, 0.25) is 11.8 Å². The molecule has 6 rings (SSSR count). The molecule has 36 heavy (non-hydrogen) atoms. The van der Waals surface area contributed by atoms with Crippen LogP contribution in [0.4, 0.5) is 0 Å². The van der Waals surface area contributed by atoms with Crippen LogP contribution in [0.3, 0.4) is 0 Å². The number of aromatic nitrogens is 5. The number of nitrogens with one attached hydrogen (secondary N) is 1. The van der Waals surface area contributed by atoms with Crippen LogP contribution >= 0.6 is 0 Å². The van der Waals surface area contributed by atoms with Gasteiger partial charge in [-0.1, -0.05) is 6.58 Å². The van der Waals surface area contributed by atoms with Crippen molar-refractivity contribution >= 4 is 28.4 Å². The third-order valence-corrected chi connectivity index (χ3v) is 7.58. The molecule has 0 bridgehead atoms. The summed E-state index contributed by atoms with van der Waals surface area (Å²) in [4.78, 5) is 37.3. The fraction of sp³-hybridized carbons (Fsp3) is 0.370. The number of aromatic amines is 1. The van der Waals surface area contributed by atoms with Gasteiger partial charge < -0.3 is 14.8 Å². The number of piperidine rings is 1. The van der Waals surface area contributed by atoms with Gasteiger partial charge in [0.1, 0.15) is 5.65 Å². The number of carbonyl (C=O) groups is 2. The molecule has 9 heteroatoms. The second kappa shape index (κ2) is 8.89. The second-order valence-corrected chi connectivity index (χ2v) is 9.92. The van der Waals surface area contributed by atoms with Crippen LogP contribution in [0.2, 0.25) is 0 Å². The van der Waals surface area contributed by atoms with Crippen molar-refractivity contribution in [3.63, 3.8) is 0 Å². The standard InChI is InChI=1S/C27H29N7O2/c1-17(2)26(35)32-11-6-18(7-12-32)27(36)33-13-8-19(16-33)23-14-21-20(5-10-28-25(21)31-23)22-15-30-34-24(22)4-3-9-29-34/h3-5,9-10,14-15,18-19H,1,6-8,11-13,16H2,2H3,(H,28,31). The largest absolute Gasteiger partial charge is 0.343 e. The van der Waals surface area contributed by atoms with Crippen molar-refractivity contribution in [2.45, 2.75) is 32.1 Å². The molecule has 2 fully saturated rings. The van der Waals surface area contributed by atoms with Crippen molar-refractivity contribution in [3.8, 4) is 11.1 Å². The number of likely N-dealkylation sites (tertiary alicyclic amines) is 2. The maximum atomic E-state index is 13.3. The molecule has 0 aromatic carbocycles. The van der Waals surface area contributed by atoms with Crippen molar-refractivity contribution in [2.75, 3.05) is 26.2 Å². The van der Waals surface area contributed by atoms with E-state index in [0.717, 1.165) is 46.3 Å². The molecule has 2 aliphatic heterocycles. The normalized spacial score (nSPS) is 18.9. The van der Waals surface area contributed by atoms with E-state index in [1.807, 2.05) is 40.4 Å². The van der Waals surface area contributed by atoms with E-state index in [1.165, 1.54) is 0 Å². The molecule has 1 unspecified atom stereocenters. The highest BCUT2D eigenvalue weighted by molar-refractivity contribution is 5.97. The first-order chi connectivity index (χ1) is 17.5. The van der Waals surface area contributed by atoms with E-state index in [2.05, 4.69) is 32.8 Å². The molecule has 1 N–H and O–H groups in total. The molecule has 2 aliphatic rings. The SMILES string of the molecule is C=C(C)C(=O)N1CCC(C(=O)N2CCC(c3cc4c(-c5cnn6ncccc56)ccnc4[nH]3)C2)CC1. The molecule has 1 atom stereocenters. The first-order valence-electron chi connectivity index (χ1n) is 12.5. The highest BCUT2D eigenvalue weighted by Crippen LogP contribution is 2.35. The van der Waals surface area contributed by atoms with Gasteiger partial charge in [-0.25, -0.2) is 4.98 Å². The third-order valence-electron chi connectivity index (χ3n) is 7.58. The summed E-state index contributed by atoms with van der Waals surface area (Å²) in [5.74, 6) is 0.438. The summed E-state index contributed by atoms with van der Waals surface area (Å²) < 4.78 is 1.63. The van der Waals surface area contributed by atoms with Crippen LogP contribution in [-0.4, -0.2) is 72.6 Å². The highest BCUT2D eigenvalue weighted by Gasteiger charge is 2.34. The maximum absolute atomic E-state index is 13.3. The fourth-order valence-electron chi connectivity index (χ4n) is 5.61. The van der Waals surface area contributed by atoms with Gasteiger partial charge in [-0.15, -0.1) is 0 Å². The summed E-state index contributed by atoms with van der Waals surface area (Å²) in [6.45, 7) is 8.18. The lowest BCUT2D eigenvalue weighted by Gasteiger charge is -2.33. The van der Waals surface area contributed by atoms with Gasteiger partial charge in [0.25, 0.3) is 0 Å². The van der Waals surface area contributed by atoms with Crippen molar-refractivity contribution in [1.29, 1.82) is 0 Å². The van der Waals surface area contributed by atoms with Crippen LogP contribution in [0.5, 0.6) is 0 Å². The van der Waals surface area contributed by atoms with E-state index in [-0.39, 0.29) is 23.7 Å². The van der Waals surface area contributed by atoms with Crippen LogP contribution in [0.15, 0.2) is 55.0 Å². The lowest BCUT2D eigenvalue weighted by atomic mass is 9.95. The molecule has 9 nitrogen and oxygen atoms in total. The van der Waals surface area contributed by atoms with Gasteiger partial charge in [0.05, 0.1) is 11.7 Å². The Morgan fingerprint density at radius 1 is 1.03 bits per heavy atom. The molecule has 0 saturated carbocycles. The Bertz CT molecular complexity index is 1480. The summed E-state index contributed by atoms with van der Waals surface area (Å²) in [5, 5.41) is 9.72. The Morgan fingerprint density at radius 3 is 2.64 bits per heavy atom. The smallest absolute Gasteiger partial charge is 0.248 e. The maximum Gasteiger partial charge on any atom is 0.248 e. The predicted molar refractivity (Wildman–Crippen MR) is 136 cm³/mol. The van der Waals surface area contributed by atoms with Gasteiger partial charge >= 0.3 is 0 Å². The fourth-order valence-corrected chi connectivity index (χ4v) is 5.61. The molecule has 2 saturated heterocycles. The van der Waals surface area contributed by atoms with E-state index < -0.39 is 0 Å². The summed E-state index contributed by atoms with van der Waals surface area (Å²) >= 11 is 0. The van der Waals surface area contributed by atoms with Crippen LogP contribution in [0.25, 0.3) is 27.7 Å². The number of carbonyl (C=O) groups excluding carboxylic acids is 2. The average Bonchev–Trinajstić information content (AvgIpc) is 3.65. The zero-order valence-electron chi connectivity index (χ0n) is 20.4. The van der Waals surface area contributed by atoms with E-state index in [4.69, 9.17) is 0 Å². The molecule has 0 spiro atoms. The first kappa shape index (κ1) is 22.5. The van der Waals surface area contributed by atoms with Gasteiger partial charge in [0, 0.05) is 72.6 Å². The Balaban J connectivity index is 1.18. The van der Waals surface area contributed by atoms with Gasteiger partial charge in [-0.2, -0.15) is 14.8 Å². The van der Waals surface area contributed by atoms with Gasteiger partial charge in [-0.3, -0.25) is 9.59 Å². The van der Waals surface area contributed by atoms with Crippen LogP contribution < -0.4 is 0 Å². The number of H-pyrrole nitrogens is 1. The zero-order chi connectivity index (χ0) is 24.8. The van der Waals surface area contributed by atoms with Crippen molar-refractivity contribution in [1.82, 2.24) is 34.6 Å². The lowest BCUT2D eigenvalue weighted by Crippen LogP contribution is -2.44. The van der Waals surface area contributed by atoms with E-state index in [9.17, 15) is 9.59 Å². The van der Waals surface area contributed by atoms with E-state index in [0.29, 0.717) is 38.0 Å². The second-order valence-electron chi connectivity index (χ2n) is 9.92. The molecule has 4 aromatic heterocycles. The number of nitrogens with zero attached hydrogens (tertiary/aromatic N) is 6. The number of hydrogen-bond donors (Lipinski definition) is 1. The molecule has 0 radical (unpaired) electrons. The molecule has 6 heterocycles. The summed E-state index contributed by atoms with van der Waals surface area (Å²) in [5.41, 5.74) is 5.52. The van der Waals surface area contributed by atoms with Crippen LogP contribution in [0.1, 0.15) is 37.8 Å². The first-order valence-corrected chi connectivity index (χ1v) is 12.5. The minimum absolute atomic E-state index is 0.00527. The summed E-state index contributed by atoms with van der Waals surface area (Å²) in [6, 6.07) is 8.11. The molecule has 4 aromatic rings. The topological polar surface area (TPSA) is 99.5 Å². The monoisotopic (exact) mass is 483 g/mol.